The molecule has 1 aliphatic rings. The molecule has 140 valence electrons. The summed E-state index contributed by atoms with van der Waals surface area (Å²) in [4.78, 5) is 20.2. The second-order valence-corrected chi connectivity index (χ2v) is 6.77. The lowest BCUT2D eigenvalue weighted by Gasteiger charge is -2.36. The highest BCUT2D eigenvalue weighted by atomic mass is 19.1. The number of aromatic nitrogens is 1. The minimum Gasteiger partial charge on any atom is -0.495 e. The highest BCUT2D eigenvalue weighted by Gasteiger charge is 2.26. The van der Waals surface area contributed by atoms with Crippen molar-refractivity contribution in [3.63, 3.8) is 0 Å². The van der Waals surface area contributed by atoms with Gasteiger partial charge >= 0.3 is 0 Å². The first-order chi connectivity index (χ1) is 13.1. The molecule has 0 radical (unpaired) electrons. The molecule has 1 aliphatic heterocycles. The first kappa shape index (κ1) is 17.4. The summed E-state index contributed by atoms with van der Waals surface area (Å²) in [5.74, 6) is 0.503. The first-order valence-corrected chi connectivity index (χ1v) is 9.03. The molecular weight excluding hydrogens is 345 g/mol. The summed E-state index contributed by atoms with van der Waals surface area (Å²) in [5.41, 5.74) is 3.16. The second kappa shape index (κ2) is 6.95. The highest BCUT2D eigenvalue weighted by Crippen LogP contribution is 2.29. The third-order valence-corrected chi connectivity index (χ3v) is 5.23. The van der Waals surface area contributed by atoms with E-state index in [9.17, 15) is 9.18 Å². The largest absolute Gasteiger partial charge is 0.495 e. The van der Waals surface area contributed by atoms with Gasteiger partial charge in [-0.05, 0) is 42.8 Å². The average molecular weight is 367 g/mol. The first-order valence-electron chi connectivity index (χ1n) is 9.03. The van der Waals surface area contributed by atoms with Gasteiger partial charge < -0.3 is 19.5 Å². The number of para-hydroxylation sites is 2. The molecule has 27 heavy (non-hydrogen) atoms. The van der Waals surface area contributed by atoms with Crippen LogP contribution in [-0.2, 0) is 0 Å². The van der Waals surface area contributed by atoms with Crippen molar-refractivity contribution in [2.45, 2.75) is 6.92 Å². The number of carbonyl (C=O) groups excluding carboxylic acids is 1. The van der Waals surface area contributed by atoms with Crippen LogP contribution < -0.4 is 9.64 Å². The third kappa shape index (κ3) is 3.12. The molecule has 2 heterocycles. The second-order valence-electron chi connectivity index (χ2n) is 6.77. The van der Waals surface area contributed by atoms with Crippen molar-refractivity contribution in [3.05, 3.63) is 59.5 Å². The number of amides is 1. The number of hydrogen-bond donors (Lipinski definition) is 1. The van der Waals surface area contributed by atoms with Crippen LogP contribution in [0.25, 0.3) is 10.9 Å². The maximum atomic E-state index is 13.5. The smallest absolute Gasteiger partial charge is 0.270 e. The number of anilines is 1. The molecule has 5 nitrogen and oxygen atoms in total. The van der Waals surface area contributed by atoms with Gasteiger partial charge in [-0.25, -0.2) is 4.39 Å². The van der Waals surface area contributed by atoms with Gasteiger partial charge in [0.2, 0.25) is 0 Å². The molecule has 6 heteroatoms. The van der Waals surface area contributed by atoms with Crippen LogP contribution in [0.1, 0.15) is 16.1 Å². The predicted molar refractivity (Wildman–Crippen MR) is 104 cm³/mol. The molecule has 0 unspecified atom stereocenters. The number of methoxy groups -OCH3 is 1. The zero-order chi connectivity index (χ0) is 19.0. The van der Waals surface area contributed by atoms with Gasteiger partial charge in [0, 0.05) is 37.1 Å². The van der Waals surface area contributed by atoms with E-state index in [1.807, 2.05) is 36.1 Å². The summed E-state index contributed by atoms with van der Waals surface area (Å²) in [6, 6.07) is 12.5. The van der Waals surface area contributed by atoms with E-state index in [0.29, 0.717) is 18.8 Å². The fourth-order valence-electron chi connectivity index (χ4n) is 3.71. The number of aromatic amines is 1. The van der Waals surface area contributed by atoms with Crippen LogP contribution in [0.4, 0.5) is 10.1 Å². The quantitative estimate of drug-likeness (QED) is 0.770. The zero-order valence-corrected chi connectivity index (χ0v) is 15.5. The van der Waals surface area contributed by atoms with Gasteiger partial charge in [-0.2, -0.15) is 0 Å². The molecule has 0 atom stereocenters. The number of ether oxygens (including phenoxy) is 1. The van der Waals surface area contributed by atoms with Crippen molar-refractivity contribution in [3.8, 4) is 5.75 Å². The molecule has 2 aromatic carbocycles. The van der Waals surface area contributed by atoms with Crippen LogP contribution in [0.3, 0.4) is 0 Å². The summed E-state index contributed by atoms with van der Waals surface area (Å²) >= 11 is 0. The van der Waals surface area contributed by atoms with E-state index in [1.165, 1.54) is 12.1 Å². The lowest BCUT2D eigenvalue weighted by Crippen LogP contribution is -2.49. The van der Waals surface area contributed by atoms with Crippen molar-refractivity contribution >= 4 is 22.5 Å². The number of nitrogens with one attached hydrogen (secondary N) is 1. The molecule has 0 saturated carbocycles. The molecule has 0 aliphatic carbocycles. The van der Waals surface area contributed by atoms with E-state index in [-0.39, 0.29) is 11.7 Å². The molecule has 1 saturated heterocycles. The molecule has 1 fully saturated rings. The van der Waals surface area contributed by atoms with Crippen molar-refractivity contribution in [2.24, 2.45) is 0 Å². The number of piperazine rings is 1. The Balaban J connectivity index is 1.51. The zero-order valence-electron chi connectivity index (χ0n) is 15.5. The van der Waals surface area contributed by atoms with E-state index in [1.54, 1.807) is 13.2 Å². The molecular formula is C21H22FN3O2. The normalized spacial score (nSPS) is 14.6. The van der Waals surface area contributed by atoms with Crippen molar-refractivity contribution in [1.82, 2.24) is 9.88 Å². The number of hydrogen-bond acceptors (Lipinski definition) is 3. The van der Waals surface area contributed by atoms with Gasteiger partial charge in [-0.3, -0.25) is 4.79 Å². The number of carbonyl (C=O) groups is 1. The summed E-state index contributed by atoms with van der Waals surface area (Å²) in [6.45, 7) is 4.58. The Labute approximate surface area is 157 Å². The Morgan fingerprint density at radius 3 is 2.59 bits per heavy atom. The monoisotopic (exact) mass is 367 g/mol. The summed E-state index contributed by atoms with van der Waals surface area (Å²) < 4.78 is 19.0. The van der Waals surface area contributed by atoms with E-state index < -0.39 is 0 Å². The number of fused-ring (bicyclic) bond motifs is 1. The summed E-state index contributed by atoms with van der Waals surface area (Å²) in [5, 5.41) is 0.756. The van der Waals surface area contributed by atoms with Crippen LogP contribution in [0.5, 0.6) is 5.75 Å². The Bertz CT molecular complexity index is 990. The molecule has 1 N–H and O–H groups in total. The maximum absolute atomic E-state index is 13.5. The highest BCUT2D eigenvalue weighted by molar-refractivity contribution is 6.01. The van der Waals surface area contributed by atoms with E-state index in [0.717, 1.165) is 41.0 Å². The minimum atomic E-state index is -0.297. The van der Waals surface area contributed by atoms with Crippen LogP contribution in [-0.4, -0.2) is 49.1 Å². The lowest BCUT2D eigenvalue weighted by molar-refractivity contribution is 0.0741. The van der Waals surface area contributed by atoms with Gasteiger partial charge in [0.05, 0.1) is 12.8 Å². The van der Waals surface area contributed by atoms with E-state index >= 15 is 0 Å². The molecule has 1 aromatic heterocycles. The van der Waals surface area contributed by atoms with Crippen LogP contribution in [0.2, 0.25) is 0 Å². The fraction of sp³-hybridized carbons (Fsp3) is 0.286. The number of aryl methyl sites for hydroxylation is 1. The topological polar surface area (TPSA) is 48.6 Å². The maximum Gasteiger partial charge on any atom is 0.270 e. The van der Waals surface area contributed by atoms with E-state index in [4.69, 9.17) is 4.74 Å². The molecule has 0 bridgehead atoms. The van der Waals surface area contributed by atoms with Crippen molar-refractivity contribution < 1.29 is 13.9 Å². The van der Waals surface area contributed by atoms with Gasteiger partial charge in [-0.1, -0.05) is 12.1 Å². The Morgan fingerprint density at radius 2 is 1.85 bits per heavy atom. The van der Waals surface area contributed by atoms with Crippen molar-refractivity contribution in [1.29, 1.82) is 0 Å². The molecule has 4 rings (SSSR count). The minimum absolute atomic E-state index is 0.0382. The van der Waals surface area contributed by atoms with Gasteiger partial charge in [0.1, 0.15) is 17.3 Å². The lowest BCUT2D eigenvalue weighted by atomic mass is 10.1. The predicted octanol–water partition coefficient (Wildman–Crippen LogP) is 3.59. The van der Waals surface area contributed by atoms with Crippen LogP contribution >= 0.6 is 0 Å². The van der Waals surface area contributed by atoms with Gasteiger partial charge in [0.15, 0.2) is 0 Å². The fourth-order valence-corrected chi connectivity index (χ4v) is 3.71. The summed E-state index contributed by atoms with van der Waals surface area (Å²) in [6.07, 6.45) is 0. The number of benzene rings is 2. The van der Waals surface area contributed by atoms with Crippen LogP contribution in [0.15, 0.2) is 42.5 Å². The summed E-state index contributed by atoms with van der Waals surface area (Å²) in [7, 11) is 1.67. The molecule has 1 amide bonds. The Kier molecular flexibility index (Phi) is 4.48. The van der Waals surface area contributed by atoms with Crippen LogP contribution in [0, 0.1) is 12.7 Å². The average Bonchev–Trinajstić information content (AvgIpc) is 3.03. The Hall–Kier alpha value is -3.02. The number of rotatable bonds is 3. The number of H-pyrrole nitrogens is 1. The van der Waals surface area contributed by atoms with E-state index in [2.05, 4.69) is 9.88 Å². The molecule has 3 aromatic rings. The number of halogens is 1. The molecule has 0 spiro atoms. The third-order valence-electron chi connectivity index (χ3n) is 5.23. The Morgan fingerprint density at radius 1 is 1.11 bits per heavy atom. The standard InChI is InChI=1S/C21H22FN3O2/c1-14-16-13-15(22)7-8-17(16)23-20(14)21(26)25-11-9-24(10-12-25)18-5-3-4-6-19(18)27-2/h3-8,13,23H,9-12H2,1-2H3. The number of nitrogens with zero attached hydrogens (tertiary/aromatic N) is 2. The van der Waals surface area contributed by atoms with Gasteiger partial charge in [0.25, 0.3) is 5.91 Å². The van der Waals surface area contributed by atoms with Gasteiger partial charge in [-0.15, -0.1) is 0 Å². The SMILES string of the molecule is COc1ccccc1N1CCN(C(=O)c2[nH]c3ccc(F)cc3c2C)CC1. The van der Waals surface area contributed by atoms with Crippen molar-refractivity contribution in [2.75, 3.05) is 38.2 Å².